The summed E-state index contributed by atoms with van der Waals surface area (Å²) in [6, 6.07) is 0. The number of hydrogen-bond donors (Lipinski definition) is 0. The molecule has 0 aliphatic heterocycles. The Morgan fingerprint density at radius 1 is 1.10 bits per heavy atom. The van der Waals surface area contributed by atoms with Gasteiger partial charge in [0.1, 0.15) is 0 Å². The van der Waals surface area contributed by atoms with Crippen LogP contribution in [-0.2, 0) is 0 Å². The summed E-state index contributed by atoms with van der Waals surface area (Å²) < 4.78 is 0. The molecule has 4 N–H and O–H groups in total. The van der Waals surface area contributed by atoms with Gasteiger partial charge in [-0.3, -0.25) is 0 Å². The molecule has 9 heteroatoms. The number of carbonyl (C=O) groups excluding carboxylic acids is 1. The van der Waals surface area contributed by atoms with Crippen molar-refractivity contribution >= 4 is 102 Å². The van der Waals surface area contributed by atoms with Crippen molar-refractivity contribution in [3.05, 3.63) is 0 Å². The summed E-state index contributed by atoms with van der Waals surface area (Å²) in [5, 5.41) is 16.7. The van der Waals surface area contributed by atoms with Crippen molar-refractivity contribution in [1.29, 1.82) is 0 Å². The minimum atomic E-state index is -2.33. The minimum Gasteiger partial charge on any atom is -0.652 e. The van der Waals surface area contributed by atoms with E-state index in [0.717, 1.165) is 0 Å². The predicted molar refractivity (Wildman–Crippen MR) is 35.6 cm³/mol. The quantitative estimate of drug-likeness (QED) is 0.373. The van der Waals surface area contributed by atoms with Gasteiger partial charge in [-0.05, 0) is 6.16 Å². The molecule has 0 aliphatic carbocycles. The van der Waals surface area contributed by atoms with Crippen LogP contribution in [0.2, 0.25) is 0 Å². The van der Waals surface area contributed by atoms with Crippen LogP contribution in [0.1, 0.15) is 0 Å². The molecule has 0 saturated heterocycles. The fraction of sp³-hybridized carbons (Fsp3) is 0. The Labute approximate surface area is 126 Å². The summed E-state index contributed by atoms with van der Waals surface area (Å²) in [6.45, 7) is 0. The van der Waals surface area contributed by atoms with Crippen molar-refractivity contribution in [3.63, 3.8) is 0 Å². The second-order valence-corrected chi connectivity index (χ2v) is 0.250. The fourth-order valence-corrected chi connectivity index (χ4v) is 0. The Balaban J connectivity index is -0.00000000300. The number of hydrogen-bond acceptors (Lipinski definition) is 3. The van der Waals surface area contributed by atoms with Gasteiger partial charge in [0, 0.05) is 95.6 Å². The van der Waals surface area contributed by atoms with Crippen LogP contribution >= 0.6 is 0 Å². The molecular weight excluding hydrogens is 210 g/mol. The van der Waals surface area contributed by atoms with E-state index in [4.69, 9.17) is 15.0 Å². The Morgan fingerprint density at radius 3 is 1.10 bits per heavy atom. The second-order valence-electron chi connectivity index (χ2n) is 0.250. The SMILES string of the molecule is O.O.O=C([O-])[O-].[Al].[Ca].[Na].[Si]. The Morgan fingerprint density at radius 2 is 1.10 bits per heavy atom. The maximum absolute atomic E-state index is 8.33. The molecule has 0 saturated carbocycles. The molecule has 0 aromatic heterocycles. The molecule has 10 heavy (non-hydrogen) atoms. The molecule has 10 radical (unpaired) electrons. The Kier molecular flexibility index (Phi) is 244. The van der Waals surface area contributed by atoms with Gasteiger partial charge in [-0.25, -0.2) is 0 Å². The van der Waals surface area contributed by atoms with Crippen LogP contribution in [0.15, 0.2) is 0 Å². The van der Waals surface area contributed by atoms with Crippen LogP contribution in [0.25, 0.3) is 0 Å². The summed E-state index contributed by atoms with van der Waals surface area (Å²) in [5.74, 6) is 0. The first-order valence-electron chi connectivity index (χ1n) is 0.612. The zero-order chi connectivity index (χ0) is 3.58. The Hall–Kier alpha value is 2.20. The van der Waals surface area contributed by atoms with Gasteiger partial charge in [-0.15, -0.1) is 0 Å². The van der Waals surface area contributed by atoms with Gasteiger partial charge in [0.2, 0.25) is 0 Å². The van der Waals surface area contributed by atoms with Gasteiger partial charge in [-0.1, -0.05) is 0 Å². The molecule has 0 bridgehead atoms. The molecule has 0 spiro atoms. The molecule has 5 nitrogen and oxygen atoms in total. The molecule has 50 valence electrons. The van der Waals surface area contributed by atoms with Crippen LogP contribution in [-0.4, -0.2) is 113 Å². The topological polar surface area (TPSA) is 126 Å². The third-order valence-electron chi connectivity index (χ3n) is 0. The third kappa shape index (κ3) is 178. The minimum absolute atomic E-state index is 0. The van der Waals surface area contributed by atoms with E-state index in [2.05, 4.69) is 0 Å². The zero-order valence-corrected chi connectivity index (χ0v) is 11.9. The number of carbonyl (C=O) groups is 1. The van der Waals surface area contributed by atoms with Crippen LogP contribution in [0.3, 0.4) is 0 Å². The maximum atomic E-state index is 8.33. The standard InChI is InChI=1S/CH2O3.Al.Ca.Na.2H2O.Si/c2-1(3)4;;;;;;/h(H2,2,3,4);;;;2*1H2;/p-2. The van der Waals surface area contributed by atoms with E-state index >= 15 is 0 Å². The fourth-order valence-electron chi connectivity index (χ4n) is 0. The van der Waals surface area contributed by atoms with Crippen molar-refractivity contribution in [2.45, 2.75) is 0 Å². The van der Waals surface area contributed by atoms with Crippen molar-refractivity contribution in [2.75, 3.05) is 0 Å². The van der Waals surface area contributed by atoms with Crippen LogP contribution in [0.4, 0.5) is 4.79 Å². The van der Waals surface area contributed by atoms with Crippen molar-refractivity contribution in [3.8, 4) is 0 Å². The molecule has 0 aromatic carbocycles. The normalized spacial score (nSPS) is 2.40. The van der Waals surface area contributed by atoms with Gasteiger partial charge in [0.25, 0.3) is 0 Å². The van der Waals surface area contributed by atoms with Crippen LogP contribution in [0.5, 0.6) is 0 Å². The maximum Gasteiger partial charge on any atom is 0 e. The van der Waals surface area contributed by atoms with Crippen molar-refractivity contribution < 1.29 is 26.0 Å². The van der Waals surface area contributed by atoms with E-state index in [1.807, 2.05) is 0 Å². The van der Waals surface area contributed by atoms with Crippen LogP contribution in [0, 0.1) is 0 Å². The summed E-state index contributed by atoms with van der Waals surface area (Å²) in [6.07, 6.45) is -2.33. The summed E-state index contributed by atoms with van der Waals surface area (Å²) in [7, 11) is 0. The van der Waals surface area contributed by atoms with E-state index in [1.165, 1.54) is 0 Å². The van der Waals surface area contributed by atoms with E-state index in [-0.39, 0.29) is 107 Å². The third-order valence-corrected chi connectivity index (χ3v) is 0. The van der Waals surface area contributed by atoms with Gasteiger partial charge >= 0.3 is 0 Å². The van der Waals surface area contributed by atoms with E-state index in [0.29, 0.717) is 0 Å². The molecule has 0 unspecified atom stereocenters. The van der Waals surface area contributed by atoms with Crippen molar-refractivity contribution in [2.24, 2.45) is 0 Å². The van der Waals surface area contributed by atoms with Gasteiger partial charge < -0.3 is 26.0 Å². The summed E-state index contributed by atoms with van der Waals surface area (Å²) in [5.41, 5.74) is 0. The zero-order valence-electron chi connectivity index (χ0n) is 5.51. The first kappa shape index (κ1) is 56.6. The molecule has 0 aromatic rings. The summed E-state index contributed by atoms with van der Waals surface area (Å²) >= 11 is 0. The average Bonchev–Trinajstić information content (AvgIpc) is 0.811. The smallest absolute Gasteiger partial charge is 0 e. The number of carboxylic acid groups (broad SMARTS) is 2. The first-order valence-corrected chi connectivity index (χ1v) is 0.612. The molecule has 0 rings (SSSR count). The Bertz CT molecular complexity index is 44.6. The second kappa shape index (κ2) is 43.1. The molecule has 0 fully saturated rings. The monoisotopic (exact) mass is 214 g/mol. The average molecular weight is 214 g/mol. The van der Waals surface area contributed by atoms with Gasteiger partial charge in [-0.2, -0.15) is 0 Å². The molecule has 0 aliphatic rings. The van der Waals surface area contributed by atoms with E-state index in [1.54, 1.807) is 0 Å². The van der Waals surface area contributed by atoms with Crippen LogP contribution < -0.4 is 10.2 Å². The molecule has 0 heterocycles. The van der Waals surface area contributed by atoms with Crippen molar-refractivity contribution in [1.82, 2.24) is 0 Å². The van der Waals surface area contributed by atoms with Gasteiger partial charge in [0.15, 0.2) is 0 Å². The number of rotatable bonds is 0. The summed E-state index contributed by atoms with van der Waals surface area (Å²) in [4.78, 5) is 8.33. The molecule has 0 amide bonds. The molecule has 0 atom stereocenters. The largest absolute Gasteiger partial charge is 0.652 e. The van der Waals surface area contributed by atoms with Gasteiger partial charge in [0.05, 0.1) is 0 Å². The predicted octanol–water partition coefficient (Wildman–Crippen LogP) is -5.62. The van der Waals surface area contributed by atoms with E-state index in [9.17, 15) is 0 Å². The van der Waals surface area contributed by atoms with E-state index < -0.39 is 6.16 Å². The first-order chi connectivity index (χ1) is 1.73. The molecular formula is CH4AlCaNaO5Si-2.